The van der Waals surface area contributed by atoms with Crippen molar-refractivity contribution >= 4 is 39.4 Å². The van der Waals surface area contributed by atoms with Gasteiger partial charge in [-0.25, -0.2) is 4.98 Å². The van der Waals surface area contributed by atoms with E-state index in [1.807, 2.05) is 18.2 Å². The summed E-state index contributed by atoms with van der Waals surface area (Å²) < 4.78 is 6.89. The van der Waals surface area contributed by atoms with E-state index in [1.165, 1.54) is 17.8 Å². The molecule has 0 radical (unpaired) electrons. The molecule has 2 aromatic heterocycles. The summed E-state index contributed by atoms with van der Waals surface area (Å²) in [5.74, 6) is -0.432. The third-order valence-corrected chi connectivity index (χ3v) is 4.66. The van der Waals surface area contributed by atoms with Gasteiger partial charge >= 0.3 is 0 Å². The molecule has 1 unspecified atom stereocenters. The topological polar surface area (TPSA) is 94.2 Å². The van der Waals surface area contributed by atoms with Crippen LogP contribution in [-0.4, -0.2) is 21.2 Å². The molecule has 1 N–H and O–H groups in total. The molecular weight excluding hydrogens is 358 g/mol. The summed E-state index contributed by atoms with van der Waals surface area (Å²) >= 11 is 0. The molecule has 7 heteroatoms. The number of carbonyl (C=O) groups is 2. The molecule has 140 valence electrons. The summed E-state index contributed by atoms with van der Waals surface area (Å²) in [6.45, 7) is 3.08. The minimum absolute atomic E-state index is 0.0528. The molecule has 4 rings (SSSR count). The smallest absolute Gasteiger partial charge is 0.297 e. The van der Waals surface area contributed by atoms with E-state index in [-0.39, 0.29) is 17.3 Å². The lowest BCUT2D eigenvalue weighted by Gasteiger charge is -2.14. The van der Waals surface area contributed by atoms with Crippen LogP contribution in [0.15, 0.2) is 64.1 Å². The number of amides is 1. The number of fused-ring (bicyclic) bond motifs is 3. The second-order valence-corrected chi connectivity index (χ2v) is 6.53. The SMILES string of the molecule is CC(=O)c1ccc(NC(=O)C(C)n2cnc3c(oc4ccccc43)c2=O)cc1. The summed E-state index contributed by atoms with van der Waals surface area (Å²) in [6, 6.07) is 13.0. The summed E-state index contributed by atoms with van der Waals surface area (Å²) in [5.41, 5.74) is 1.84. The van der Waals surface area contributed by atoms with E-state index in [1.54, 1.807) is 37.3 Å². The number of para-hydroxylation sites is 1. The van der Waals surface area contributed by atoms with Crippen molar-refractivity contribution in [3.8, 4) is 0 Å². The number of nitrogens with zero attached hydrogens (tertiary/aromatic N) is 2. The Balaban J connectivity index is 1.64. The zero-order chi connectivity index (χ0) is 19.8. The molecule has 1 atom stereocenters. The largest absolute Gasteiger partial charge is 0.448 e. The highest BCUT2D eigenvalue weighted by atomic mass is 16.3. The number of hydrogen-bond donors (Lipinski definition) is 1. The first-order valence-electron chi connectivity index (χ1n) is 8.76. The fourth-order valence-electron chi connectivity index (χ4n) is 3.03. The Morgan fingerprint density at radius 1 is 1.11 bits per heavy atom. The van der Waals surface area contributed by atoms with Crippen LogP contribution in [0, 0.1) is 0 Å². The highest BCUT2D eigenvalue weighted by Gasteiger charge is 2.20. The van der Waals surface area contributed by atoms with Gasteiger partial charge in [0.05, 0.1) is 6.33 Å². The summed E-state index contributed by atoms with van der Waals surface area (Å²) in [4.78, 5) is 41.1. The molecular formula is C21H17N3O4. The van der Waals surface area contributed by atoms with Crippen LogP contribution in [0.2, 0.25) is 0 Å². The van der Waals surface area contributed by atoms with Crippen molar-refractivity contribution in [3.63, 3.8) is 0 Å². The normalized spacial score (nSPS) is 12.2. The first kappa shape index (κ1) is 17.7. The second-order valence-electron chi connectivity index (χ2n) is 6.53. The van der Waals surface area contributed by atoms with Crippen molar-refractivity contribution in [2.75, 3.05) is 5.32 Å². The Morgan fingerprint density at radius 3 is 2.54 bits per heavy atom. The van der Waals surface area contributed by atoms with Gasteiger partial charge in [0.1, 0.15) is 17.1 Å². The maximum atomic E-state index is 12.8. The van der Waals surface area contributed by atoms with E-state index in [0.717, 1.165) is 5.39 Å². The minimum Gasteiger partial charge on any atom is -0.448 e. The number of benzene rings is 2. The number of Topliss-reactive ketones (excluding diaryl/α,β-unsaturated/α-hetero) is 1. The van der Waals surface area contributed by atoms with Gasteiger partial charge in [-0.3, -0.25) is 19.0 Å². The molecule has 0 spiro atoms. The van der Waals surface area contributed by atoms with Gasteiger partial charge in [-0.2, -0.15) is 0 Å². The summed E-state index contributed by atoms with van der Waals surface area (Å²) in [6.07, 6.45) is 1.36. The minimum atomic E-state index is -0.801. The molecule has 0 fully saturated rings. The second kappa shape index (κ2) is 6.77. The van der Waals surface area contributed by atoms with E-state index in [9.17, 15) is 14.4 Å². The molecule has 7 nitrogen and oxygen atoms in total. The van der Waals surface area contributed by atoms with Crippen LogP contribution in [0.4, 0.5) is 5.69 Å². The molecule has 28 heavy (non-hydrogen) atoms. The summed E-state index contributed by atoms with van der Waals surface area (Å²) in [5, 5.41) is 3.49. The lowest BCUT2D eigenvalue weighted by Crippen LogP contribution is -2.31. The Morgan fingerprint density at radius 2 is 1.82 bits per heavy atom. The lowest BCUT2D eigenvalue weighted by atomic mass is 10.1. The number of nitrogens with one attached hydrogen (secondary N) is 1. The standard InChI is InChI=1S/C21H17N3O4/c1-12(20(26)23-15-9-7-14(8-10-15)13(2)25)24-11-22-18-16-5-3-4-6-17(16)28-19(18)21(24)27/h3-12H,1-2H3,(H,23,26). The molecule has 1 amide bonds. The van der Waals surface area contributed by atoms with Gasteiger partial charge in [0.2, 0.25) is 11.5 Å². The Labute approximate surface area is 159 Å². The molecule has 2 heterocycles. The predicted octanol–water partition coefficient (Wildman–Crippen LogP) is 3.55. The van der Waals surface area contributed by atoms with Gasteiger partial charge in [0, 0.05) is 16.6 Å². The van der Waals surface area contributed by atoms with Gasteiger partial charge in [-0.05, 0) is 50.2 Å². The van der Waals surface area contributed by atoms with Crippen molar-refractivity contribution in [1.29, 1.82) is 0 Å². The van der Waals surface area contributed by atoms with Crippen LogP contribution in [0.1, 0.15) is 30.2 Å². The third kappa shape index (κ3) is 2.96. The number of carbonyl (C=O) groups excluding carboxylic acids is 2. The van der Waals surface area contributed by atoms with Gasteiger partial charge in [-0.1, -0.05) is 12.1 Å². The average molecular weight is 375 g/mol. The highest BCUT2D eigenvalue weighted by molar-refractivity contribution is 6.02. The van der Waals surface area contributed by atoms with E-state index in [2.05, 4.69) is 10.3 Å². The van der Waals surface area contributed by atoms with Crippen LogP contribution in [-0.2, 0) is 4.79 Å². The predicted molar refractivity (Wildman–Crippen MR) is 106 cm³/mol. The van der Waals surface area contributed by atoms with Crippen molar-refractivity contribution in [3.05, 3.63) is 70.8 Å². The molecule has 4 aromatic rings. The molecule has 0 saturated carbocycles. The molecule has 2 aromatic carbocycles. The number of furan rings is 1. The monoisotopic (exact) mass is 375 g/mol. The maximum absolute atomic E-state index is 12.8. The molecule has 0 bridgehead atoms. The molecule has 0 saturated heterocycles. The molecule has 0 aliphatic rings. The van der Waals surface area contributed by atoms with Crippen LogP contribution in [0.3, 0.4) is 0 Å². The number of anilines is 1. The highest BCUT2D eigenvalue weighted by Crippen LogP contribution is 2.24. The van der Waals surface area contributed by atoms with Crippen LogP contribution < -0.4 is 10.9 Å². The Bertz CT molecular complexity index is 1270. The van der Waals surface area contributed by atoms with Crippen molar-refractivity contribution < 1.29 is 14.0 Å². The fraction of sp³-hybridized carbons (Fsp3) is 0.143. The summed E-state index contributed by atoms with van der Waals surface area (Å²) in [7, 11) is 0. The van der Waals surface area contributed by atoms with Crippen LogP contribution in [0.5, 0.6) is 0 Å². The number of ketones is 1. The number of rotatable bonds is 4. The van der Waals surface area contributed by atoms with Gasteiger partial charge in [0.25, 0.3) is 5.56 Å². The number of aromatic nitrogens is 2. The van der Waals surface area contributed by atoms with Crippen molar-refractivity contribution in [2.45, 2.75) is 19.9 Å². The average Bonchev–Trinajstić information content (AvgIpc) is 3.08. The van der Waals surface area contributed by atoms with Crippen LogP contribution >= 0.6 is 0 Å². The van der Waals surface area contributed by atoms with E-state index in [4.69, 9.17) is 4.42 Å². The van der Waals surface area contributed by atoms with Gasteiger partial charge in [-0.15, -0.1) is 0 Å². The molecule has 0 aliphatic carbocycles. The third-order valence-electron chi connectivity index (χ3n) is 4.66. The van der Waals surface area contributed by atoms with E-state index in [0.29, 0.717) is 22.4 Å². The van der Waals surface area contributed by atoms with Gasteiger partial charge < -0.3 is 9.73 Å². The quantitative estimate of drug-likeness (QED) is 0.551. The first-order valence-corrected chi connectivity index (χ1v) is 8.76. The number of hydrogen-bond acceptors (Lipinski definition) is 5. The zero-order valence-electron chi connectivity index (χ0n) is 15.3. The molecule has 0 aliphatic heterocycles. The van der Waals surface area contributed by atoms with E-state index >= 15 is 0 Å². The Kier molecular flexibility index (Phi) is 4.27. The fourth-order valence-corrected chi connectivity index (χ4v) is 3.03. The lowest BCUT2D eigenvalue weighted by molar-refractivity contribution is -0.118. The first-order chi connectivity index (χ1) is 13.5. The van der Waals surface area contributed by atoms with Gasteiger partial charge in [0.15, 0.2) is 5.78 Å². The Hall–Kier alpha value is -3.74. The van der Waals surface area contributed by atoms with Crippen molar-refractivity contribution in [2.24, 2.45) is 0 Å². The zero-order valence-corrected chi connectivity index (χ0v) is 15.3. The van der Waals surface area contributed by atoms with E-state index < -0.39 is 11.6 Å². The maximum Gasteiger partial charge on any atom is 0.297 e. The van der Waals surface area contributed by atoms with Crippen molar-refractivity contribution in [1.82, 2.24) is 9.55 Å². The van der Waals surface area contributed by atoms with Crippen LogP contribution in [0.25, 0.3) is 22.1 Å².